The maximum Gasteiger partial charge on any atom is 0.328 e. The molecule has 106 valence electrons. The maximum atomic E-state index is 12.2. The predicted octanol–water partition coefficient (Wildman–Crippen LogP) is 0.634. The third-order valence-corrected chi connectivity index (χ3v) is 2.84. The highest BCUT2D eigenvalue weighted by Gasteiger charge is 2.12. The summed E-state index contributed by atoms with van der Waals surface area (Å²) in [5.41, 5.74) is -1.04. The number of hydrogen-bond donors (Lipinski definition) is 1. The highest BCUT2D eigenvalue weighted by Crippen LogP contribution is 2.15. The van der Waals surface area contributed by atoms with E-state index in [1.165, 1.54) is 12.1 Å². The molecule has 0 saturated carbocycles. The number of nitro benzene ring substituents is 1. The fourth-order valence-corrected chi connectivity index (χ4v) is 1.86. The molecular weight excluding hydrogens is 266 g/mol. The van der Waals surface area contributed by atoms with E-state index in [2.05, 4.69) is 4.98 Å². The lowest BCUT2D eigenvalue weighted by Crippen LogP contribution is -2.36. The fraction of sp³-hybridized carbons (Fsp3) is 0.333. The van der Waals surface area contributed by atoms with Gasteiger partial charge in [-0.3, -0.25) is 19.5 Å². The van der Waals surface area contributed by atoms with Gasteiger partial charge in [-0.15, -0.1) is 0 Å². The minimum Gasteiger partial charge on any atom is -0.380 e. The van der Waals surface area contributed by atoms with Gasteiger partial charge in [0, 0.05) is 18.7 Å². The summed E-state index contributed by atoms with van der Waals surface area (Å²) in [6.45, 7) is 2.60. The van der Waals surface area contributed by atoms with Crippen LogP contribution < -0.4 is 11.2 Å². The zero-order valence-corrected chi connectivity index (χ0v) is 10.8. The topological polar surface area (TPSA) is 107 Å². The molecule has 0 aliphatic carbocycles. The second kappa shape index (κ2) is 5.66. The van der Waals surface area contributed by atoms with Crippen LogP contribution in [0.1, 0.15) is 6.92 Å². The molecule has 1 N–H and O–H groups in total. The second-order valence-electron chi connectivity index (χ2n) is 4.07. The quantitative estimate of drug-likeness (QED) is 0.491. The molecule has 1 aromatic heterocycles. The van der Waals surface area contributed by atoms with E-state index in [0.717, 1.165) is 10.6 Å². The van der Waals surface area contributed by atoms with E-state index in [0.29, 0.717) is 6.61 Å². The van der Waals surface area contributed by atoms with Gasteiger partial charge in [-0.2, -0.15) is 0 Å². The van der Waals surface area contributed by atoms with Crippen LogP contribution in [-0.2, 0) is 11.3 Å². The summed E-state index contributed by atoms with van der Waals surface area (Å²) in [7, 11) is 0. The molecule has 0 radical (unpaired) electrons. The molecule has 1 heterocycles. The Bertz CT molecular complexity index is 762. The van der Waals surface area contributed by atoms with Gasteiger partial charge in [-0.1, -0.05) is 0 Å². The number of aromatic nitrogens is 2. The normalized spacial score (nSPS) is 10.8. The van der Waals surface area contributed by atoms with Gasteiger partial charge in [0.05, 0.1) is 29.0 Å². The van der Waals surface area contributed by atoms with E-state index >= 15 is 0 Å². The van der Waals surface area contributed by atoms with Crippen molar-refractivity contribution < 1.29 is 9.66 Å². The molecule has 0 aliphatic heterocycles. The monoisotopic (exact) mass is 279 g/mol. The molecular formula is C12H13N3O5. The number of nitrogens with zero attached hydrogens (tertiary/aromatic N) is 2. The zero-order chi connectivity index (χ0) is 14.7. The number of H-pyrrole nitrogens is 1. The summed E-state index contributed by atoms with van der Waals surface area (Å²) < 4.78 is 6.07. The first-order valence-corrected chi connectivity index (χ1v) is 6.03. The lowest BCUT2D eigenvalue weighted by molar-refractivity contribution is -0.384. The van der Waals surface area contributed by atoms with Crippen LogP contribution in [0, 0.1) is 10.1 Å². The third kappa shape index (κ3) is 2.59. The number of hydrogen-bond acceptors (Lipinski definition) is 5. The van der Waals surface area contributed by atoms with E-state index in [4.69, 9.17) is 4.74 Å². The smallest absolute Gasteiger partial charge is 0.328 e. The van der Waals surface area contributed by atoms with Gasteiger partial charge in [0.15, 0.2) is 0 Å². The first-order chi connectivity index (χ1) is 9.54. The SMILES string of the molecule is CCOCCn1c(=O)[nH]c2ccc([N+](=O)[O-])cc2c1=O. The van der Waals surface area contributed by atoms with Crippen molar-refractivity contribution in [1.82, 2.24) is 9.55 Å². The van der Waals surface area contributed by atoms with Crippen molar-refractivity contribution >= 4 is 16.6 Å². The molecule has 0 amide bonds. The van der Waals surface area contributed by atoms with E-state index in [1.54, 1.807) is 6.92 Å². The lowest BCUT2D eigenvalue weighted by atomic mass is 10.2. The molecule has 0 fully saturated rings. The minimum atomic E-state index is -0.589. The highest BCUT2D eigenvalue weighted by atomic mass is 16.6. The van der Waals surface area contributed by atoms with E-state index < -0.39 is 16.2 Å². The molecule has 0 spiro atoms. The van der Waals surface area contributed by atoms with Crippen molar-refractivity contribution in [3.63, 3.8) is 0 Å². The molecule has 0 atom stereocenters. The van der Waals surface area contributed by atoms with Crippen LogP contribution >= 0.6 is 0 Å². The first-order valence-electron chi connectivity index (χ1n) is 6.03. The molecule has 8 nitrogen and oxygen atoms in total. The van der Waals surface area contributed by atoms with Crippen molar-refractivity contribution in [3.8, 4) is 0 Å². The van der Waals surface area contributed by atoms with Crippen molar-refractivity contribution in [2.45, 2.75) is 13.5 Å². The number of nitrogens with one attached hydrogen (secondary N) is 1. The van der Waals surface area contributed by atoms with Crippen LogP contribution in [0.25, 0.3) is 10.9 Å². The summed E-state index contributed by atoms with van der Waals surface area (Å²) in [4.78, 5) is 36.6. The zero-order valence-electron chi connectivity index (χ0n) is 10.8. The fourth-order valence-electron chi connectivity index (χ4n) is 1.86. The molecule has 20 heavy (non-hydrogen) atoms. The number of aromatic amines is 1. The Morgan fingerprint density at radius 2 is 2.15 bits per heavy atom. The Labute approximate surface area is 112 Å². The van der Waals surface area contributed by atoms with E-state index in [9.17, 15) is 19.7 Å². The van der Waals surface area contributed by atoms with Gasteiger partial charge in [-0.25, -0.2) is 4.79 Å². The van der Waals surface area contributed by atoms with E-state index in [1.807, 2.05) is 0 Å². The van der Waals surface area contributed by atoms with Gasteiger partial charge < -0.3 is 9.72 Å². The number of nitro groups is 1. The van der Waals surface area contributed by atoms with Crippen LogP contribution in [0.15, 0.2) is 27.8 Å². The first kappa shape index (κ1) is 13.9. The average Bonchev–Trinajstić information content (AvgIpc) is 2.42. The molecule has 0 unspecified atom stereocenters. The number of fused-ring (bicyclic) bond motifs is 1. The summed E-state index contributed by atoms with van der Waals surface area (Å²) >= 11 is 0. The standard InChI is InChI=1S/C12H13N3O5/c1-2-20-6-5-14-11(16)9-7-8(15(18)19)3-4-10(9)13-12(14)17/h3-4,7H,2,5-6H2,1H3,(H,13,17). The predicted molar refractivity (Wildman–Crippen MR) is 72.0 cm³/mol. The van der Waals surface area contributed by atoms with Crippen molar-refractivity contribution in [2.75, 3.05) is 13.2 Å². The number of benzene rings is 1. The summed E-state index contributed by atoms with van der Waals surface area (Å²) in [5, 5.41) is 10.8. The molecule has 1 aromatic carbocycles. The molecule has 2 aromatic rings. The number of non-ortho nitro benzene ring substituents is 1. The summed E-state index contributed by atoms with van der Waals surface area (Å²) in [6.07, 6.45) is 0. The average molecular weight is 279 g/mol. The number of ether oxygens (including phenoxy) is 1. The maximum absolute atomic E-state index is 12.2. The van der Waals surface area contributed by atoms with E-state index in [-0.39, 0.29) is 29.7 Å². The van der Waals surface area contributed by atoms with Crippen molar-refractivity contribution in [2.24, 2.45) is 0 Å². The summed E-state index contributed by atoms with van der Waals surface area (Å²) in [6, 6.07) is 3.75. The molecule has 0 aliphatic rings. The largest absolute Gasteiger partial charge is 0.380 e. The molecule has 0 bridgehead atoms. The Morgan fingerprint density at radius 3 is 2.80 bits per heavy atom. The van der Waals surface area contributed by atoms with Crippen molar-refractivity contribution in [1.29, 1.82) is 0 Å². The second-order valence-corrected chi connectivity index (χ2v) is 4.07. The molecule has 2 rings (SSSR count). The Kier molecular flexibility index (Phi) is 3.94. The van der Waals surface area contributed by atoms with Crippen LogP contribution in [-0.4, -0.2) is 27.7 Å². The Morgan fingerprint density at radius 1 is 1.40 bits per heavy atom. The van der Waals surface area contributed by atoms with Crippen LogP contribution in [0.4, 0.5) is 5.69 Å². The van der Waals surface area contributed by atoms with Crippen LogP contribution in [0.5, 0.6) is 0 Å². The third-order valence-electron chi connectivity index (χ3n) is 2.84. The van der Waals surface area contributed by atoms with Gasteiger partial charge in [0.2, 0.25) is 0 Å². The number of rotatable bonds is 5. The Balaban J connectivity index is 2.57. The molecule has 0 saturated heterocycles. The van der Waals surface area contributed by atoms with Crippen LogP contribution in [0.2, 0.25) is 0 Å². The van der Waals surface area contributed by atoms with Gasteiger partial charge >= 0.3 is 5.69 Å². The van der Waals surface area contributed by atoms with Crippen LogP contribution in [0.3, 0.4) is 0 Å². The highest BCUT2D eigenvalue weighted by molar-refractivity contribution is 5.79. The minimum absolute atomic E-state index is 0.0979. The van der Waals surface area contributed by atoms with Gasteiger partial charge in [0.1, 0.15) is 0 Å². The van der Waals surface area contributed by atoms with Gasteiger partial charge in [-0.05, 0) is 13.0 Å². The molecule has 8 heteroatoms. The van der Waals surface area contributed by atoms with Crippen molar-refractivity contribution in [3.05, 3.63) is 49.2 Å². The summed E-state index contributed by atoms with van der Waals surface area (Å²) in [5.74, 6) is 0. The van der Waals surface area contributed by atoms with Gasteiger partial charge in [0.25, 0.3) is 11.2 Å². The Hall–Kier alpha value is -2.48. The lowest BCUT2D eigenvalue weighted by Gasteiger charge is -2.06.